The van der Waals surface area contributed by atoms with Gasteiger partial charge in [0.2, 0.25) is 0 Å². The lowest BCUT2D eigenvalue weighted by Gasteiger charge is -2.43. The van der Waals surface area contributed by atoms with E-state index in [9.17, 15) is 4.79 Å². The van der Waals surface area contributed by atoms with E-state index >= 15 is 0 Å². The summed E-state index contributed by atoms with van der Waals surface area (Å²) in [4.78, 5) is 10.6. The third-order valence-electron chi connectivity index (χ3n) is 2.77. The summed E-state index contributed by atoms with van der Waals surface area (Å²) in [6.07, 6.45) is 0.889. The van der Waals surface area contributed by atoms with Crippen LogP contribution < -0.4 is 0 Å². The fourth-order valence-electron chi connectivity index (χ4n) is 1.39. The van der Waals surface area contributed by atoms with Crippen LogP contribution in [0.1, 0.15) is 20.3 Å². The van der Waals surface area contributed by atoms with E-state index in [-0.39, 0.29) is 11.3 Å². The first kappa shape index (κ1) is 8.53. The van der Waals surface area contributed by atoms with Crippen LogP contribution in [0.5, 0.6) is 0 Å². The molecule has 0 spiro atoms. The van der Waals surface area contributed by atoms with Crippen molar-refractivity contribution < 1.29 is 14.6 Å². The van der Waals surface area contributed by atoms with Gasteiger partial charge in [0.1, 0.15) is 0 Å². The smallest absolute Gasteiger partial charge is 0.306 e. The Morgan fingerprint density at radius 1 is 1.73 bits per heavy atom. The minimum atomic E-state index is -0.713. The summed E-state index contributed by atoms with van der Waals surface area (Å²) in [6, 6.07) is 0. The summed E-state index contributed by atoms with van der Waals surface area (Å²) in [5.41, 5.74) is -0.0775. The normalized spacial score (nSPS) is 23.8. The van der Waals surface area contributed by atoms with Gasteiger partial charge in [-0.05, 0) is 6.42 Å². The third kappa shape index (κ3) is 1.25. The Kier molecular flexibility index (Phi) is 2.18. The maximum Gasteiger partial charge on any atom is 0.306 e. The predicted molar refractivity (Wildman–Crippen MR) is 40.3 cm³/mol. The number of hydrogen-bond donors (Lipinski definition) is 1. The van der Waals surface area contributed by atoms with Gasteiger partial charge in [0.25, 0.3) is 0 Å². The number of carboxylic acids is 1. The number of aliphatic carboxylic acids is 1. The molecule has 1 N–H and O–H groups in total. The molecule has 0 aliphatic carbocycles. The molecule has 1 unspecified atom stereocenters. The van der Waals surface area contributed by atoms with Gasteiger partial charge in [0, 0.05) is 5.41 Å². The Bertz CT molecular complexity index is 155. The van der Waals surface area contributed by atoms with E-state index in [0.717, 1.165) is 6.42 Å². The summed E-state index contributed by atoms with van der Waals surface area (Å²) in [7, 11) is 0. The van der Waals surface area contributed by atoms with Gasteiger partial charge in [-0.1, -0.05) is 13.8 Å². The van der Waals surface area contributed by atoms with Gasteiger partial charge in [-0.25, -0.2) is 0 Å². The van der Waals surface area contributed by atoms with Crippen LogP contribution in [0, 0.1) is 11.3 Å². The van der Waals surface area contributed by atoms with Gasteiger partial charge in [-0.15, -0.1) is 0 Å². The van der Waals surface area contributed by atoms with Gasteiger partial charge in [0.05, 0.1) is 19.1 Å². The molecular formula is C8H14O3. The van der Waals surface area contributed by atoms with Crippen LogP contribution in [0.25, 0.3) is 0 Å². The van der Waals surface area contributed by atoms with Crippen LogP contribution >= 0.6 is 0 Å². The molecule has 1 aliphatic heterocycles. The highest BCUT2D eigenvalue weighted by atomic mass is 16.5. The fourth-order valence-corrected chi connectivity index (χ4v) is 1.39. The monoisotopic (exact) mass is 158 g/mol. The number of rotatable bonds is 3. The molecule has 1 atom stereocenters. The molecule has 0 aromatic carbocycles. The second-order valence-corrected chi connectivity index (χ2v) is 3.27. The molecule has 1 aliphatic rings. The maximum atomic E-state index is 10.6. The average molecular weight is 158 g/mol. The van der Waals surface area contributed by atoms with Crippen molar-refractivity contribution in [2.45, 2.75) is 20.3 Å². The summed E-state index contributed by atoms with van der Waals surface area (Å²) in [5.74, 6) is -0.989. The van der Waals surface area contributed by atoms with Crippen molar-refractivity contribution >= 4 is 5.97 Å². The molecule has 1 saturated heterocycles. The standard InChI is InChI=1S/C8H14O3/c1-3-8(4-11-5-8)6(2)7(9)10/h6H,3-5H2,1-2H3,(H,9,10). The molecule has 3 heteroatoms. The molecule has 0 radical (unpaired) electrons. The lowest BCUT2D eigenvalue weighted by molar-refractivity contribution is -0.173. The van der Waals surface area contributed by atoms with Crippen molar-refractivity contribution in [2.75, 3.05) is 13.2 Å². The summed E-state index contributed by atoms with van der Waals surface area (Å²) in [5, 5.41) is 8.76. The Labute approximate surface area is 66.4 Å². The highest BCUT2D eigenvalue weighted by Crippen LogP contribution is 2.38. The highest BCUT2D eigenvalue weighted by Gasteiger charge is 2.45. The van der Waals surface area contributed by atoms with E-state index < -0.39 is 5.97 Å². The van der Waals surface area contributed by atoms with E-state index in [1.165, 1.54) is 0 Å². The van der Waals surface area contributed by atoms with Crippen LogP contribution in [0.2, 0.25) is 0 Å². The van der Waals surface area contributed by atoms with Gasteiger partial charge >= 0.3 is 5.97 Å². The fraction of sp³-hybridized carbons (Fsp3) is 0.875. The van der Waals surface area contributed by atoms with Gasteiger partial charge < -0.3 is 9.84 Å². The second kappa shape index (κ2) is 2.81. The van der Waals surface area contributed by atoms with E-state index in [2.05, 4.69) is 0 Å². The second-order valence-electron chi connectivity index (χ2n) is 3.27. The van der Waals surface area contributed by atoms with Crippen molar-refractivity contribution in [1.29, 1.82) is 0 Å². The highest BCUT2D eigenvalue weighted by molar-refractivity contribution is 5.70. The first-order valence-electron chi connectivity index (χ1n) is 3.93. The summed E-state index contributed by atoms with van der Waals surface area (Å²) < 4.78 is 5.04. The van der Waals surface area contributed by atoms with E-state index in [4.69, 9.17) is 9.84 Å². The number of carboxylic acid groups (broad SMARTS) is 1. The average Bonchev–Trinajstić information content (AvgIpc) is 1.86. The third-order valence-corrected chi connectivity index (χ3v) is 2.77. The quantitative estimate of drug-likeness (QED) is 0.669. The lowest BCUT2D eigenvalue weighted by Crippen LogP contribution is -2.49. The molecule has 3 nitrogen and oxygen atoms in total. The Morgan fingerprint density at radius 2 is 2.27 bits per heavy atom. The van der Waals surface area contributed by atoms with Crippen molar-refractivity contribution in [3.8, 4) is 0 Å². The first-order chi connectivity index (χ1) is 5.12. The number of hydrogen-bond acceptors (Lipinski definition) is 2. The first-order valence-corrected chi connectivity index (χ1v) is 3.93. The lowest BCUT2D eigenvalue weighted by atomic mass is 9.72. The minimum Gasteiger partial charge on any atom is -0.481 e. The molecule has 0 aromatic rings. The molecular weight excluding hydrogens is 144 g/mol. The zero-order chi connectivity index (χ0) is 8.48. The van der Waals surface area contributed by atoms with Crippen LogP contribution in [-0.4, -0.2) is 24.3 Å². The zero-order valence-corrected chi connectivity index (χ0v) is 6.96. The van der Waals surface area contributed by atoms with Crippen molar-refractivity contribution in [2.24, 2.45) is 11.3 Å². The van der Waals surface area contributed by atoms with Crippen LogP contribution in [0.3, 0.4) is 0 Å². The maximum absolute atomic E-state index is 10.6. The Morgan fingerprint density at radius 3 is 2.36 bits per heavy atom. The molecule has 0 bridgehead atoms. The van der Waals surface area contributed by atoms with Crippen molar-refractivity contribution in [3.05, 3.63) is 0 Å². The molecule has 64 valence electrons. The van der Waals surface area contributed by atoms with Gasteiger partial charge in [-0.2, -0.15) is 0 Å². The molecule has 0 saturated carbocycles. The molecule has 1 rings (SSSR count). The van der Waals surface area contributed by atoms with Crippen molar-refractivity contribution in [3.63, 3.8) is 0 Å². The topological polar surface area (TPSA) is 46.5 Å². The van der Waals surface area contributed by atoms with Crippen LogP contribution in [-0.2, 0) is 9.53 Å². The molecule has 1 heterocycles. The van der Waals surface area contributed by atoms with Crippen molar-refractivity contribution in [1.82, 2.24) is 0 Å². The Balaban J connectivity index is 2.61. The summed E-state index contributed by atoms with van der Waals surface area (Å²) >= 11 is 0. The van der Waals surface area contributed by atoms with Gasteiger partial charge in [0.15, 0.2) is 0 Å². The molecule has 11 heavy (non-hydrogen) atoms. The number of carbonyl (C=O) groups is 1. The zero-order valence-electron chi connectivity index (χ0n) is 6.96. The Hall–Kier alpha value is -0.570. The van der Waals surface area contributed by atoms with Crippen LogP contribution in [0.15, 0.2) is 0 Å². The molecule has 1 fully saturated rings. The van der Waals surface area contributed by atoms with E-state index in [1.54, 1.807) is 6.92 Å². The summed E-state index contributed by atoms with van der Waals surface area (Å²) in [6.45, 7) is 4.99. The molecule has 0 aromatic heterocycles. The van der Waals surface area contributed by atoms with Gasteiger partial charge in [-0.3, -0.25) is 4.79 Å². The largest absolute Gasteiger partial charge is 0.481 e. The molecule has 0 amide bonds. The van der Waals surface area contributed by atoms with E-state index in [1.807, 2.05) is 6.92 Å². The van der Waals surface area contributed by atoms with Crippen LogP contribution in [0.4, 0.5) is 0 Å². The SMILES string of the molecule is CCC1(C(C)C(=O)O)COC1. The minimum absolute atomic E-state index is 0.0775. The predicted octanol–water partition coefficient (Wildman–Crippen LogP) is 1.13. The van der Waals surface area contributed by atoms with E-state index in [0.29, 0.717) is 13.2 Å². The number of ether oxygens (including phenoxy) is 1.